The maximum absolute atomic E-state index is 13.4. The molecule has 0 atom stereocenters. The number of allylic oxidation sites excluding steroid dienone is 1. The average molecular weight is 560 g/mol. The van der Waals surface area contributed by atoms with E-state index in [0.29, 0.717) is 42.6 Å². The molecular weight excluding hydrogens is 527 g/mol. The van der Waals surface area contributed by atoms with Gasteiger partial charge in [-0.2, -0.15) is 0 Å². The topological polar surface area (TPSA) is 54.0 Å². The van der Waals surface area contributed by atoms with Gasteiger partial charge in [0.15, 0.2) is 17.3 Å². The number of ether oxygens (including phenoxy) is 4. The van der Waals surface area contributed by atoms with Crippen LogP contribution in [0.2, 0.25) is 0 Å². The zero-order chi connectivity index (χ0) is 29.0. The second kappa shape index (κ2) is 14.4. The van der Waals surface area contributed by atoms with Crippen molar-refractivity contribution in [2.24, 2.45) is 0 Å². The van der Waals surface area contributed by atoms with E-state index in [1.807, 2.05) is 115 Å². The maximum atomic E-state index is 13.4. The Labute approximate surface area is 246 Å². The van der Waals surface area contributed by atoms with Crippen molar-refractivity contribution in [2.45, 2.75) is 19.8 Å². The number of carbonyl (C=O) groups excluding carboxylic acids is 1. The molecule has 0 amide bonds. The molecule has 0 aliphatic carbocycles. The van der Waals surface area contributed by atoms with Crippen LogP contribution in [0, 0.1) is 0 Å². The number of benzene rings is 5. The highest BCUT2D eigenvalue weighted by atomic mass is 16.5. The number of hydrogen-bond donors (Lipinski definition) is 0. The van der Waals surface area contributed by atoms with E-state index in [1.165, 1.54) is 6.08 Å². The van der Waals surface area contributed by atoms with Crippen molar-refractivity contribution >= 4 is 11.9 Å². The van der Waals surface area contributed by atoms with E-state index in [1.54, 1.807) is 25.3 Å². The van der Waals surface area contributed by atoms with Crippen LogP contribution in [-0.4, -0.2) is 12.9 Å². The molecule has 5 aromatic carbocycles. The van der Waals surface area contributed by atoms with Gasteiger partial charge in [0.1, 0.15) is 31.3 Å². The Morgan fingerprint density at radius 3 is 1.60 bits per heavy atom. The molecule has 0 unspecified atom stereocenters. The Balaban J connectivity index is 1.33. The Kier molecular flexibility index (Phi) is 9.67. The first-order valence-electron chi connectivity index (χ1n) is 13.7. The van der Waals surface area contributed by atoms with Crippen molar-refractivity contribution < 1.29 is 23.7 Å². The van der Waals surface area contributed by atoms with Crippen LogP contribution < -0.4 is 18.9 Å². The van der Waals surface area contributed by atoms with Gasteiger partial charge in [-0.3, -0.25) is 4.79 Å². The molecule has 0 heterocycles. The standard InChI is InChI=1S/C37H32O5/c1-39-36-23-33(34(38)22-19-28-17-20-32(21-18-28)40-25-29-11-5-2-6-12-29)35(41-26-30-13-7-3-8-14-30)24-37(36)42-27-31-15-9-4-10-16-31/h2-24H,25-27H2,1H3/b22-19+/i19+1,22+1,34+1. The van der Waals surface area contributed by atoms with Crippen molar-refractivity contribution in [1.82, 2.24) is 0 Å². The summed E-state index contributed by atoms with van der Waals surface area (Å²) < 4.78 is 23.7. The van der Waals surface area contributed by atoms with Crippen LogP contribution in [0.4, 0.5) is 0 Å². The molecule has 0 bridgehead atoms. The van der Waals surface area contributed by atoms with Crippen LogP contribution in [0.3, 0.4) is 0 Å². The quantitative estimate of drug-likeness (QED) is 0.0825. The molecule has 0 N–H and O–H groups in total. The summed E-state index contributed by atoms with van der Waals surface area (Å²) >= 11 is 0. The molecule has 0 aliphatic rings. The number of hydrogen-bond acceptors (Lipinski definition) is 5. The molecule has 210 valence electrons. The molecule has 5 heteroatoms. The van der Waals surface area contributed by atoms with Gasteiger partial charge in [0.05, 0.1) is 12.7 Å². The van der Waals surface area contributed by atoms with E-state index in [0.717, 1.165) is 28.0 Å². The van der Waals surface area contributed by atoms with E-state index in [9.17, 15) is 4.79 Å². The molecule has 0 spiro atoms. The average Bonchev–Trinajstić information content (AvgIpc) is 3.06. The van der Waals surface area contributed by atoms with E-state index >= 15 is 0 Å². The fourth-order valence-corrected chi connectivity index (χ4v) is 4.27. The van der Waals surface area contributed by atoms with E-state index in [4.69, 9.17) is 18.9 Å². The van der Waals surface area contributed by atoms with Crippen molar-refractivity contribution in [3.63, 3.8) is 0 Å². The zero-order valence-electron chi connectivity index (χ0n) is 23.4. The van der Waals surface area contributed by atoms with Gasteiger partial charge in [-0.1, -0.05) is 109 Å². The highest BCUT2D eigenvalue weighted by Crippen LogP contribution is 2.36. The molecule has 0 aliphatic heterocycles. The minimum atomic E-state index is -0.213. The highest BCUT2D eigenvalue weighted by molar-refractivity contribution is 6.09. The summed E-state index contributed by atoms with van der Waals surface area (Å²) in [6.45, 7) is 1.15. The largest absolute Gasteiger partial charge is 0.493 e. The van der Waals surface area contributed by atoms with E-state index in [2.05, 4.69) is 0 Å². The molecular formula is C37H32O5. The molecule has 0 radical (unpaired) electrons. The summed E-state index contributed by atoms with van der Waals surface area (Å²) in [5.41, 5.74) is 4.37. The number of carbonyl (C=O) groups is 1. The van der Waals surface area contributed by atoms with Gasteiger partial charge >= 0.3 is 0 Å². The lowest BCUT2D eigenvalue weighted by atomic mass is 10.2. The second-order valence-electron chi connectivity index (χ2n) is 9.59. The first-order chi connectivity index (χ1) is 20.7. The number of ketones is 1. The van der Waals surface area contributed by atoms with Gasteiger partial charge in [-0.05, 0) is 46.5 Å². The van der Waals surface area contributed by atoms with Gasteiger partial charge in [-0.25, -0.2) is 0 Å². The summed E-state index contributed by atoms with van der Waals surface area (Å²) in [7, 11) is 1.56. The highest BCUT2D eigenvalue weighted by Gasteiger charge is 2.18. The number of rotatable bonds is 13. The van der Waals surface area contributed by atoms with Crippen molar-refractivity contribution in [3.05, 3.63) is 161 Å². The first kappa shape index (κ1) is 28.2. The molecule has 0 saturated carbocycles. The normalized spacial score (nSPS) is 10.8. The second-order valence-corrected chi connectivity index (χ2v) is 9.59. The predicted molar refractivity (Wildman–Crippen MR) is 165 cm³/mol. The fourth-order valence-electron chi connectivity index (χ4n) is 4.27. The van der Waals surface area contributed by atoms with Crippen LogP contribution in [0.25, 0.3) is 6.08 Å². The summed E-state index contributed by atoms with van der Waals surface area (Å²) in [6, 6.07) is 40.7. The van der Waals surface area contributed by atoms with Crippen LogP contribution >= 0.6 is 0 Å². The van der Waals surface area contributed by atoms with Gasteiger partial charge in [0.25, 0.3) is 0 Å². The lowest BCUT2D eigenvalue weighted by molar-refractivity contribution is 0.104. The molecule has 5 nitrogen and oxygen atoms in total. The third kappa shape index (κ3) is 7.89. The molecule has 42 heavy (non-hydrogen) atoms. The van der Waals surface area contributed by atoms with Gasteiger partial charge in [-0.15, -0.1) is 0 Å². The lowest BCUT2D eigenvalue weighted by Crippen LogP contribution is -2.05. The van der Waals surface area contributed by atoms with Crippen molar-refractivity contribution in [1.29, 1.82) is 0 Å². The van der Waals surface area contributed by atoms with Crippen molar-refractivity contribution in [3.8, 4) is 23.0 Å². The summed E-state index contributed by atoms with van der Waals surface area (Å²) in [5.74, 6) is 1.91. The zero-order valence-corrected chi connectivity index (χ0v) is 23.4. The minimum Gasteiger partial charge on any atom is -0.493 e. The van der Waals surface area contributed by atoms with Gasteiger partial charge < -0.3 is 18.9 Å². The molecule has 0 fully saturated rings. The van der Waals surface area contributed by atoms with Crippen LogP contribution in [0.5, 0.6) is 23.0 Å². The van der Waals surface area contributed by atoms with Crippen molar-refractivity contribution in [2.75, 3.05) is 7.11 Å². The molecule has 0 aromatic heterocycles. The third-order valence-electron chi connectivity index (χ3n) is 6.56. The maximum Gasteiger partial charge on any atom is 0.189 e. The lowest BCUT2D eigenvalue weighted by Gasteiger charge is -2.16. The number of methoxy groups -OCH3 is 1. The van der Waals surface area contributed by atoms with Gasteiger partial charge in [0.2, 0.25) is 0 Å². The molecule has 5 aromatic rings. The molecule has 0 saturated heterocycles. The Morgan fingerprint density at radius 2 is 1.07 bits per heavy atom. The summed E-state index contributed by atoms with van der Waals surface area (Å²) in [6.07, 6.45) is 3.31. The van der Waals surface area contributed by atoms with E-state index in [-0.39, 0.29) is 5.78 Å². The SMILES string of the molecule is COc1cc([13C](=O)/[13CH]=[13CH]/c2ccc(OCc3ccccc3)cc2)c(OCc2ccccc2)cc1OCc1ccccc1. The smallest absolute Gasteiger partial charge is 0.189 e. The summed E-state index contributed by atoms with van der Waals surface area (Å²) in [4.78, 5) is 13.4. The monoisotopic (exact) mass is 559 g/mol. The fraction of sp³-hybridized carbons (Fsp3) is 0.108. The van der Waals surface area contributed by atoms with Gasteiger partial charge in [0, 0.05) is 6.07 Å². The predicted octanol–water partition coefficient (Wildman–Crippen LogP) is 8.33. The Bertz CT molecular complexity index is 1600. The first-order valence-corrected chi connectivity index (χ1v) is 13.7. The van der Waals surface area contributed by atoms with E-state index < -0.39 is 0 Å². The van der Waals surface area contributed by atoms with Crippen LogP contribution in [0.1, 0.15) is 32.6 Å². The third-order valence-corrected chi connectivity index (χ3v) is 6.56. The van der Waals surface area contributed by atoms with Crippen LogP contribution in [-0.2, 0) is 19.8 Å². The minimum absolute atomic E-state index is 0.213. The Hall–Kier alpha value is -5.29. The summed E-state index contributed by atoms with van der Waals surface area (Å²) in [5, 5.41) is 0. The van der Waals surface area contributed by atoms with Crippen LogP contribution in [0.15, 0.2) is 133 Å². The molecule has 5 rings (SSSR count). The Morgan fingerprint density at radius 1 is 0.571 bits per heavy atom.